The number of hydrogen-bond acceptors (Lipinski definition) is 5. The first kappa shape index (κ1) is 25.2. The molecule has 0 bridgehead atoms. The molecule has 0 aliphatic heterocycles. The Hall–Kier alpha value is -4.42. The molecule has 0 aliphatic carbocycles. The molecule has 4 rings (SSSR count). The van der Waals surface area contributed by atoms with Crippen LogP contribution in [0.5, 0.6) is 0 Å². The van der Waals surface area contributed by atoms with Crippen LogP contribution >= 0.6 is 11.6 Å². The van der Waals surface area contributed by atoms with Crippen LogP contribution in [0.1, 0.15) is 22.9 Å². The van der Waals surface area contributed by atoms with Crippen LogP contribution in [0.4, 0.5) is 11.4 Å². The van der Waals surface area contributed by atoms with Crippen molar-refractivity contribution in [3.8, 4) is 11.1 Å². The van der Waals surface area contributed by atoms with Gasteiger partial charge in [-0.3, -0.25) is 9.78 Å². The molecule has 0 aliphatic rings. The zero-order valence-electron chi connectivity index (χ0n) is 22.3. The Bertz CT molecular complexity index is 1490. The second kappa shape index (κ2) is 12.2. The minimum atomic E-state index is -1.17. The fraction of sp³-hybridized carbons (Fsp3) is 0.129. The minimum absolute atomic E-state index is 0.366. The molecule has 7 heteroatoms. The molecule has 0 fully saturated rings. The second-order valence-corrected chi connectivity index (χ2v) is 9.09. The molecular weight excluding hydrogens is 498 g/mol. The summed E-state index contributed by atoms with van der Waals surface area (Å²) >= 11 is 6.73. The van der Waals surface area contributed by atoms with Gasteiger partial charge in [-0.1, -0.05) is 54.1 Å². The van der Waals surface area contributed by atoms with Crippen LogP contribution in [-0.4, -0.2) is 38.1 Å². The maximum atomic E-state index is 13.7. The highest BCUT2D eigenvalue weighted by molar-refractivity contribution is 6.31. The standard InChI is InChI=1S/C31H28ClN3O3/c1-34(2)27-14-12-23(13-15-27)25-10-11-26(29(32)18-25)21-35(31(37)24-7-5-4-6-8-24)28-17-22(19-33-20-28)9-16-30(36)38-3/h4-20H,21H2,1-3H3/b16-9+/i21D. The molecule has 1 atom stereocenters. The van der Waals surface area contributed by atoms with Crippen molar-refractivity contribution in [2.45, 2.75) is 6.52 Å². The summed E-state index contributed by atoms with van der Waals surface area (Å²) in [5, 5.41) is 0.366. The summed E-state index contributed by atoms with van der Waals surface area (Å²) in [6.07, 6.45) is 5.86. The van der Waals surface area contributed by atoms with Crippen LogP contribution in [0.3, 0.4) is 0 Å². The van der Waals surface area contributed by atoms with Crippen molar-refractivity contribution < 1.29 is 15.7 Å². The van der Waals surface area contributed by atoms with E-state index in [0.717, 1.165) is 16.8 Å². The van der Waals surface area contributed by atoms with Crippen molar-refractivity contribution in [3.63, 3.8) is 0 Å². The van der Waals surface area contributed by atoms with Gasteiger partial charge in [0, 0.05) is 42.6 Å². The van der Waals surface area contributed by atoms with Gasteiger partial charge in [-0.2, -0.15) is 0 Å². The minimum Gasteiger partial charge on any atom is -0.466 e. The van der Waals surface area contributed by atoms with Crippen LogP contribution in [0.25, 0.3) is 17.2 Å². The number of halogens is 1. The van der Waals surface area contributed by atoms with Crippen LogP contribution in [0.2, 0.25) is 5.02 Å². The number of methoxy groups -OCH3 is 1. The van der Waals surface area contributed by atoms with Crippen LogP contribution in [0.15, 0.2) is 97.3 Å². The molecule has 0 radical (unpaired) electrons. The lowest BCUT2D eigenvalue weighted by Gasteiger charge is -2.24. The third-order valence-electron chi connectivity index (χ3n) is 5.86. The summed E-state index contributed by atoms with van der Waals surface area (Å²) in [5.41, 5.74) is 4.80. The Morgan fingerprint density at radius 1 is 0.947 bits per heavy atom. The lowest BCUT2D eigenvalue weighted by atomic mass is 10.0. The van der Waals surface area contributed by atoms with Gasteiger partial charge in [0.25, 0.3) is 5.91 Å². The van der Waals surface area contributed by atoms with Gasteiger partial charge in [0.2, 0.25) is 0 Å². The smallest absolute Gasteiger partial charge is 0.330 e. The normalized spacial score (nSPS) is 12.1. The average molecular weight is 527 g/mol. The van der Waals surface area contributed by atoms with Gasteiger partial charge in [0.15, 0.2) is 0 Å². The van der Waals surface area contributed by atoms with Crippen molar-refractivity contribution in [3.05, 3.63) is 119 Å². The highest BCUT2D eigenvalue weighted by Crippen LogP contribution is 2.30. The molecule has 1 heterocycles. The van der Waals surface area contributed by atoms with Gasteiger partial charge < -0.3 is 14.5 Å². The summed E-state index contributed by atoms with van der Waals surface area (Å²) in [5.74, 6) is -0.898. The maximum Gasteiger partial charge on any atom is 0.330 e. The van der Waals surface area contributed by atoms with E-state index >= 15 is 0 Å². The third kappa shape index (κ3) is 6.47. The van der Waals surface area contributed by atoms with Gasteiger partial charge in [-0.25, -0.2) is 4.79 Å². The van der Waals surface area contributed by atoms with Crippen molar-refractivity contribution in [2.24, 2.45) is 0 Å². The van der Waals surface area contributed by atoms with E-state index in [1.807, 2.05) is 61.5 Å². The van der Waals surface area contributed by atoms with Crippen LogP contribution in [0, 0.1) is 0 Å². The summed E-state index contributed by atoms with van der Waals surface area (Å²) in [4.78, 5) is 32.9. The molecule has 0 spiro atoms. The largest absolute Gasteiger partial charge is 0.466 e. The van der Waals surface area contributed by atoms with E-state index in [1.54, 1.807) is 42.6 Å². The van der Waals surface area contributed by atoms with Crippen molar-refractivity contribution in [1.29, 1.82) is 0 Å². The molecule has 0 saturated heterocycles. The van der Waals surface area contributed by atoms with Gasteiger partial charge >= 0.3 is 5.97 Å². The fourth-order valence-corrected chi connectivity index (χ4v) is 4.00. The van der Waals surface area contributed by atoms with E-state index in [1.165, 1.54) is 30.4 Å². The molecule has 38 heavy (non-hydrogen) atoms. The second-order valence-electron chi connectivity index (χ2n) is 8.68. The van der Waals surface area contributed by atoms with Crippen molar-refractivity contribution in [1.82, 2.24) is 4.98 Å². The average Bonchev–Trinajstić information content (AvgIpc) is 2.96. The SMILES string of the molecule is [2H]C(c1ccc(-c2ccc(N(C)C)cc2)cc1Cl)N(C(=O)c1ccccc1)c1cncc(/C=C/C(=O)OC)c1. The number of rotatable bonds is 8. The van der Waals surface area contributed by atoms with Crippen molar-refractivity contribution >= 4 is 40.9 Å². The predicted octanol–water partition coefficient (Wildman–Crippen LogP) is 6.50. The molecule has 1 unspecified atom stereocenters. The third-order valence-corrected chi connectivity index (χ3v) is 6.19. The number of amides is 1. The van der Waals surface area contributed by atoms with E-state index in [0.29, 0.717) is 27.4 Å². The van der Waals surface area contributed by atoms with E-state index in [9.17, 15) is 9.59 Å². The number of carbonyl (C=O) groups excluding carboxylic acids is 2. The number of esters is 1. The number of hydrogen-bond donors (Lipinski definition) is 0. The summed E-state index contributed by atoms with van der Waals surface area (Å²) in [6.45, 7) is -1.17. The van der Waals surface area contributed by atoms with E-state index in [2.05, 4.69) is 9.72 Å². The Labute approximate surface area is 229 Å². The summed E-state index contributed by atoms with van der Waals surface area (Å²) < 4.78 is 13.8. The Morgan fingerprint density at radius 2 is 1.66 bits per heavy atom. The fourth-order valence-electron chi connectivity index (χ4n) is 3.77. The number of anilines is 2. The highest BCUT2D eigenvalue weighted by atomic mass is 35.5. The van der Waals surface area contributed by atoms with E-state index in [4.69, 9.17) is 13.0 Å². The van der Waals surface area contributed by atoms with E-state index < -0.39 is 12.5 Å². The Balaban J connectivity index is 1.72. The molecule has 192 valence electrons. The molecule has 0 saturated carbocycles. The van der Waals surface area contributed by atoms with Gasteiger partial charge in [-0.15, -0.1) is 0 Å². The van der Waals surface area contributed by atoms with Crippen LogP contribution in [-0.2, 0) is 16.1 Å². The first-order chi connectivity index (χ1) is 18.8. The van der Waals surface area contributed by atoms with Crippen molar-refractivity contribution in [2.75, 3.05) is 31.0 Å². The zero-order valence-corrected chi connectivity index (χ0v) is 22.1. The number of pyridine rings is 1. The zero-order chi connectivity index (χ0) is 27.9. The molecule has 6 nitrogen and oxygen atoms in total. The Morgan fingerprint density at radius 3 is 2.32 bits per heavy atom. The quantitative estimate of drug-likeness (QED) is 0.194. The number of aromatic nitrogens is 1. The summed E-state index contributed by atoms with van der Waals surface area (Å²) in [6, 6.07) is 24.0. The molecule has 4 aromatic rings. The van der Waals surface area contributed by atoms with Gasteiger partial charge in [0.1, 0.15) is 0 Å². The Kier molecular flexibility index (Phi) is 8.11. The molecular formula is C31H28ClN3O3. The first-order valence-electron chi connectivity index (χ1n) is 12.5. The number of carbonyl (C=O) groups is 2. The number of ether oxygens (including phenoxy) is 1. The van der Waals surface area contributed by atoms with Gasteiger partial charge in [-0.05, 0) is 64.7 Å². The van der Waals surface area contributed by atoms with E-state index in [-0.39, 0.29) is 5.91 Å². The number of nitrogens with zero attached hydrogens (tertiary/aromatic N) is 3. The number of benzene rings is 3. The maximum absolute atomic E-state index is 13.7. The highest BCUT2D eigenvalue weighted by Gasteiger charge is 2.20. The van der Waals surface area contributed by atoms with Gasteiger partial charge in [0.05, 0.1) is 26.9 Å². The molecule has 0 N–H and O–H groups in total. The molecule has 3 aromatic carbocycles. The molecule has 1 aromatic heterocycles. The first-order valence-corrected chi connectivity index (χ1v) is 12.3. The monoisotopic (exact) mass is 526 g/mol. The molecule has 1 amide bonds. The summed E-state index contributed by atoms with van der Waals surface area (Å²) in [7, 11) is 5.26. The topological polar surface area (TPSA) is 62.7 Å². The lowest BCUT2D eigenvalue weighted by Crippen LogP contribution is -2.30. The predicted molar refractivity (Wildman–Crippen MR) is 153 cm³/mol. The van der Waals surface area contributed by atoms with Crippen LogP contribution < -0.4 is 9.80 Å². The lowest BCUT2D eigenvalue weighted by molar-refractivity contribution is -0.134.